The van der Waals surface area contributed by atoms with Crippen molar-refractivity contribution < 1.29 is 5.11 Å². The molecule has 0 saturated heterocycles. The molecule has 1 aliphatic carbocycles. The van der Waals surface area contributed by atoms with Crippen molar-refractivity contribution in [2.45, 2.75) is 45.8 Å². The Morgan fingerprint density at radius 3 is 2.74 bits per heavy atom. The molecule has 0 saturated carbocycles. The van der Waals surface area contributed by atoms with Crippen LogP contribution in [0.15, 0.2) is 24.4 Å². The first-order valence-electron chi connectivity index (χ1n) is 7.97. The summed E-state index contributed by atoms with van der Waals surface area (Å²) in [5.41, 5.74) is 9.42. The van der Waals surface area contributed by atoms with Crippen molar-refractivity contribution in [2.24, 2.45) is 5.92 Å². The first kappa shape index (κ1) is 15.7. The minimum absolute atomic E-state index is 0.178. The first-order valence-corrected chi connectivity index (χ1v) is 7.97. The highest BCUT2D eigenvalue weighted by Crippen LogP contribution is 2.38. The van der Waals surface area contributed by atoms with Crippen molar-refractivity contribution in [2.75, 3.05) is 11.1 Å². The van der Waals surface area contributed by atoms with Gasteiger partial charge in [0, 0.05) is 11.8 Å². The zero-order chi connectivity index (χ0) is 16.8. The van der Waals surface area contributed by atoms with Crippen LogP contribution in [0, 0.1) is 12.8 Å². The molecule has 2 atom stereocenters. The smallest absolute Gasteiger partial charge is 0.225 e. The van der Waals surface area contributed by atoms with Crippen molar-refractivity contribution in [3.8, 4) is 0 Å². The molecule has 1 aromatic heterocycles. The van der Waals surface area contributed by atoms with Crippen molar-refractivity contribution in [1.29, 1.82) is 0 Å². The maximum Gasteiger partial charge on any atom is 0.225 e. The fourth-order valence-electron chi connectivity index (χ4n) is 3.26. The van der Waals surface area contributed by atoms with Gasteiger partial charge in [-0.05, 0) is 44.2 Å². The van der Waals surface area contributed by atoms with Crippen LogP contribution in [0.3, 0.4) is 0 Å². The molecule has 0 fully saturated rings. The van der Waals surface area contributed by atoms with Crippen LogP contribution in [-0.2, 0) is 12.0 Å². The number of aromatic nitrogens is 2. The number of anilines is 2. The van der Waals surface area contributed by atoms with Crippen molar-refractivity contribution >= 4 is 11.8 Å². The minimum atomic E-state index is -1.05. The third-order valence-electron chi connectivity index (χ3n) is 4.51. The van der Waals surface area contributed by atoms with Crippen LogP contribution in [0.25, 0.3) is 0 Å². The summed E-state index contributed by atoms with van der Waals surface area (Å²) in [6.45, 7) is 7.68. The molecule has 122 valence electrons. The Morgan fingerprint density at radius 1 is 1.35 bits per heavy atom. The lowest BCUT2D eigenvalue weighted by Gasteiger charge is -2.22. The molecular formula is C18H24N4O. The van der Waals surface area contributed by atoms with Gasteiger partial charge in [0.15, 0.2) is 0 Å². The average Bonchev–Trinajstić information content (AvgIpc) is 2.74. The van der Waals surface area contributed by atoms with Crippen LogP contribution in [-0.4, -0.2) is 15.1 Å². The van der Waals surface area contributed by atoms with Crippen molar-refractivity contribution in [3.05, 3.63) is 46.6 Å². The molecule has 0 spiro atoms. The number of hydrogen-bond acceptors (Lipinski definition) is 5. The molecule has 5 heteroatoms. The monoisotopic (exact) mass is 312 g/mol. The van der Waals surface area contributed by atoms with E-state index in [0.717, 1.165) is 6.42 Å². The number of nitrogen functional groups attached to an aromatic ring is 1. The molecule has 0 bridgehead atoms. The Balaban J connectivity index is 1.89. The van der Waals surface area contributed by atoms with E-state index in [9.17, 15) is 5.11 Å². The predicted molar refractivity (Wildman–Crippen MR) is 92.1 cm³/mol. The molecule has 1 aromatic carbocycles. The maximum absolute atomic E-state index is 10.1. The molecule has 4 N–H and O–H groups in total. The molecule has 1 heterocycles. The van der Waals surface area contributed by atoms with E-state index in [1.807, 2.05) is 0 Å². The van der Waals surface area contributed by atoms with Crippen LogP contribution in [0.5, 0.6) is 0 Å². The van der Waals surface area contributed by atoms with Gasteiger partial charge >= 0.3 is 0 Å². The zero-order valence-electron chi connectivity index (χ0n) is 14.1. The Morgan fingerprint density at radius 2 is 2.09 bits per heavy atom. The molecule has 23 heavy (non-hydrogen) atoms. The van der Waals surface area contributed by atoms with E-state index in [0.29, 0.717) is 23.2 Å². The topological polar surface area (TPSA) is 84.1 Å². The number of aryl methyl sites for hydroxylation is 1. The predicted octanol–water partition coefficient (Wildman–Crippen LogP) is 2.94. The molecular weight excluding hydrogens is 288 g/mol. The Kier molecular flexibility index (Phi) is 3.76. The SMILES string of the molecule is Cc1ccc2c(c1)[C@H](Nc1ncc(C(C)(C)O)c(N)n1)[C@@H](C)C2. The highest BCUT2D eigenvalue weighted by molar-refractivity contribution is 5.48. The summed E-state index contributed by atoms with van der Waals surface area (Å²) >= 11 is 0. The van der Waals surface area contributed by atoms with Gasteiger partial charge in [-0.2, -0.15) is 4.98 Å². The van der Waals surface area contributed by atoms with Gasteiger partial charge in [0.25, 0.3) is 0 Å². The average molecular weight is 312 g/mol. The molecule has 0 amide bonds. The van der Waals surface area contributed by atoms with Gasteiger partial charge < -0.3 is 16.2 Å². The Hall–Kier alpha value is -2.14. The summed E-state index contributed by atoms with van der Waals surface area (Å²) < 4.78 is 0. The van der Waals surface area contributed by atoms with E-state index in [1.165, 1.54) is 16.7 Å². The maximum atomic E-state index is 10.1. The second-order valence-corrected chi connectivity index (χ2v) is 7.06. The van der Waals surface area contributed by atoms with Crippen LogP contribution in [0.4, 0.5) is 11.8 Å². The summed E-state index contributed by atoms with van der Waals surface area (Å²) in [5, 5.41) is 13.5. The summed E-state index contributed by atoms with van der Waals surface area (Å²) in [6.07, 6.45) is 2.64. The van der Waals surface area contributed by atoms with Crippen LogP contribution < -0.4 is 11.1 Å². The van der Waals surface area contributed by atoms with Gasteiger partial charge in [-0.1, -0.05) is 30.7 Å². The fourth-order valence-corrected chi connectivity index (χ4v) is 3.26. The third-order valence-corrected chi connectivity index (χ3v) is 4.51. The number of rotatable bonds is 3. The molecule has 0 aliphatic heterocycles. The van der Waals surface area contributed by atoms with E-state index in [-0.39, 0.29) is 6.04 Å². The molecule has 0 unspecified atom stereocenters. The summed E-state index contributed by atoms with van der Waals surface area (Å²) in [4.78, 5) is 8.67. The number of hydrogen-bond donors (Lipinski definition) is 3. The first-order chi connectivity index (χ1) is 10.8. The van der Waals surface area contributed by atoms with Crippen molar-refractivity contribution in [3.63, 3.8) is 0 Å². The molecule has 1 aliphatic rings. The number of aliphatic hydroxyl groups is 1. The van der Waals surface area contributed by atoms with Gasteiger partial charge in [0.1, 0.15) is 5.82 Å². The fraction of sp³-hybridized carbons (Fsp3) is 0.444. The van der Waals surface area contributed by atoms with E-state index in [2.05, 4.69) is 47.3 Å². The summed E-state index contributed by atoms with van der Waals surface area (Å²) in [6, 6.07) is 6.76. The van der Waals surface area contributed by atoms with E-state index >= 15 is 0 Å². The van der Waals surface area contributed by atoms with E-state index in [4.69, 9.17) is 5.73 Å². The highest BCUT2D eigenvalue weighted by Gasteiger charge is 2.30. The standard InChI is InChI=1S/C18H24N4O/c1-10-5-6-12-8-11(2)15(13(12)7-10)21-17-20-9-14(16(19)22-17)18(3,4)23/h5-7,9,11,15,23H,8H2,1-4H3,(H3,19,20,21,22)/t11-,15+/m0/s1. The minimum Gasteiger partial charge on any atom is -0.386 e. The number of fused-ring (bicyclic) bond motifs is 1. The number of nitrogens with two attached hydrogens (primary N) is 1. The van der Waals surface area contributed by atoms with Crippen molar-refractivity contribution in [1.82, 2.24) is 9.97 Å². The zero-order valence-corrected chi connectivity index (χ0v) is 14.1. The number of benzene rings is 1. The molecule has 0 radical (unpaired) electrons. The van der Waals surface area contributed by atoms with Gasteiger partial charge in [-0.15, -0.1) is 0 Å². The quantitative estimate of drug-likeness (QED) is 0.811. The number of nitrogens with zero attached hydrogens (tertiary/aromatic N) is 2. The van der Waals surface area contributed by atoms with Crippen LogP contribution >= 0.6 is 0 Å². The third kappa shape index (κ3) is 3.01. The lowest BCUT2D eigenvalue weighted by molar-refractivity contribution is 0.0787. The lowest BCUT2D eigenvalue weighted by Crippen LogP contribution is -2.21. The van der Waals surface area contributed by atoms with Crippen LogP contribution in [0.2, 0.25) is 0 Å². The van der Waals surface area contributed by atoms with Gasteiger partial charge in [-0.3, -0.25) is 0 Å². The van der Waals surface area contributed by atoms with Gasteiger partial charge in [-0.25, -0.2) is 4.98 Å². The molecule has 2 aromatic rings. The lowest BCUT2D eigenvalue weighted by atomic mass is 10.0. The number of nitrogens with one attached hydrogen (secondary N) is 1. The van der Waals surface area contributed by atoms with Gasteiger partial charge in [0.05, 0.1) is 11.6 Å². The largest absolute Gasteiger partial charge is 0.386 e. The highest BCUT2D eigenvalue weighted by atomic mass is 16.3. The Bertz CT molecular complexity index is 736. The van der Waals surface area contributed by atoms with Crippen LogP contribution in [0.1, 0.15) is 49.1 Å². The summed E-state index contributed by atoms with van der Waals surface area (Å²) in [5.74, 6) is 1.28. The normalized spacial score (nSPS) is 20.4. The molecule has 3 rings (SSSR count). The van der Waals surface area contributed by atoms with E-state index in [1.54, 1.807) is 20.0 Å². The molecule has 5 nitrogen and oxygen atoms in total. The van der Waals surface area contributed by atoms with E-state index < -0.39 is 5.60 Å². The van der Waals surface area contributed by atoms with Gasteiger partial charge in [0.2, 0.25) is 5.95 Å². The summed E-state index contributed by atoms with van der Waals surface area (Å²) in [7, 11) is 0. The second-order valence-electron chi connectivity index (χ2n) is 7.06. The Labute approximate surface area is 137 Å². The second kappa shape index (κ2) is 5.49.